The lowest BCUT2D eigenvalue weighted by molar-refractivity contribution is 0.0746. The highest BCUT2D eigenvalue weighted by atomic mass is 32.2. The highest BCUT2D eigenvalue weighted by molar-refractivity contribution is 7.89. The number of piperazine rings is 1. The molecule has 0 atom stereocenters. The van der Waals surface area contributed by atoms with Crippen LogP contribution in [0, 0.1) is 0 Å². The van der Waals surface area contributed by atoms with Crippen LogP contribution in [0.3, 0.4) is 0 Å². The molecule has 10 heteroatoms. The number of fused-ring (bicyclic) bond motifs is 1. The second kappa shape index (κ2) is 8.52. The van der Waals surface area contributed by atoms with Crippen LogP contribution < -0.4 is 4.90 Å². The molecule has 0 bridgehead atoms. The zero-order valence-electron chi connectivity index (χ0n) is 17.8. The average molecular weight is 460 g/mol. The van der Waals surface area contributed by atoms with Crippen molar-refractivity contribution in [3.8, 4) is 0 Å². The van der Waals surface area contributed by atoms with Crippen molar-refractivity contribution in [2.24, 2.45) is 0 Å². The highest BCUT2D eigenvalue weighted by Crippen LogP contribution is 2.31. The van der Waals surface area contributed by atoms with E-state index in [9.17, 15) is 13.2 Å². The molecule has 0 spiro atoms. The van der Waals surface area contributed by atoms with Crippen LogP contribution in [0.15, 0.2) is 41.6 Å². The van der Waals surface area contributed by atoms with Crippen molar-refractivity contribution < 1.29 is 13.2 Å². The van der Waals surface area contributed by atoms with Gasteiger partial charge in [0, 0.05) is 50.7 Å². The second-order valence-corrected chi connectivity index (χ2v) is 10.8. The number of hydrogen-bond donors (Lipinski definition) is 0. The number of rotatable bonds is 5. The van der Waals surface area contributed by atoms with E-state index in [4.69, 9.17) is 0 Å². The predicted molar refractivity (Wildman–Crippen MR) is 122 cm³/mol. The molecule has 0 aliphatic carbocycles. The summed E-state index contributed by atoms with van der Waals surface area (Å²) >= 11 is 1.69. The Morgan fingerprint density at radius 3 is 2.39 bits per heavy atom. The molecule has 1 saturated heterocycles. The summed E-state index contributed by atoms with van der Waals surface area (Å²) in [6, 6.07) is 8.29. The maximum Gasteiger partial charge on any atom is 0.253 e. The number of carbonyl (C=O) groups excluding carboxylic acids is 1. The first-order valence-corrected chi connectivity index (χ1v) is 12.4. The number of sulfonamides is 1. The summed E-state index contributed by atoms with van der Waals surface area (Å²) in [7, 11) is -0.541. The maximum absolute atomic E-state index is 12.9. The van der Waals surface area contributed by atoms with Gasteiger partial charge in [0.1, 0.15) is 17.0 Å². The van der Waals surface area contributed by atoms with Gasteiger partial charge in [-0.3, -0.25) is 4.79 Å². The molecule has 31 heavy (non-hydrogen) atoms. The average Bonchev–Trinajstić information content (AvgIpc) is 3.22. The van der Waals surface area contributed by atoms with E-state index in [1.54, 1.807) is 34.7 Å². The van der Waals surface area contributed by atoms with Gasteiger partial charge in [0.2, 0.25) is 10.0 Å². The van der Waals surface area contributed by atoms with E-state index in [1.807, 2.05) is 0 Å². The van der Waals surface area contributed by atoms with Crippen molar-refractivity contribution in [1.29, 1.82) is 0 Å². The van der Waals surface area contributed by atoms with E-state index in [-0.39, 0.29) is 10.8 Å². The van der Waals surface area contributed by atoms with Crippen molar-refractivity contribution in [2.75, 3.05) is 45.2 Å². The molecule has 0 saturated carbocycles. The third kappa shape index (κ3) is 4.15. The summed E-state index contributed by atoms with van der Waals surface area (Å²) in [6.45, 7) is 4.65. The quantitative estimate of drug-likeness (QED) is 0.583. The van der Waals surface area contributed by atoms with Crippen molar-refractivity contribution in [2.45, 2.75) is 18.2 Å². The Bertz CT molecular complexity index is 1200. The fourth-order valence-corrected chi connectivity index (χ4v) is 5.43. The minimum Gasteiger partial charge on any atom is -0.352 e. The first-order chi connectivity index (χ1) is 14.8. The monoisotopic (exact) mass is 459 g/mol. The van der Waals surface area contributed by atoms with Crippen LogP contribution in [0.2, 0.25) is 0 Å². The lowest BCUT2D eigenvalue weighted by Gasteiger charge is -2.35. The van der Waals surface area contributed by atoms with E-state index < -0.39 is 10.0 Å². The molecule has 2 aromatic heterocycles. The van der Waals surface area contributed by atoms with Gasteiger partial charge in [0.25, 0.3) is 5.91 Å². The SMILES string of the molecule is CCc1cc2c(N3CCN(C(=O)c4ccc(S(=O)(=O)N(C)C)cc4)CC3)ncnc2s1. The molecule has 8 nitrogen and oxygen atoms in total. The van der Waals surface area contributed by atoms with Crippen LogP contribution in [0.25, 0.3) is 10.2 Å². The number of aryl methyl sites for hydroxylation is 1. The van der Waals surface area contributed by atoms with Crippen LogP contribution in [-0.2, 0) is 16.4 Å². The third-order valence-electron chi connectivity index (χ3n) is 5.45. The molecule has 3 heterocycles. The Labute approximate surface area is 186 Å². The second-order valence-electron chi connectivity index (χ2n) is 7.57. The van der Waals surface area contributed by atoms with E-state index in [0.717, 1.165) is 26.8 Å². The van der Waals surface area contributed by atoms with E-state index in [2.05, 4.69) is 27.9 Å². The lowest BCUT2D eigenvalue weighted by atomic mass is 10.2. The molecular formula is C21H25N5O3S2. The zero-order valence-corrected chi connectivity index (χ0v) is 19.4. The van der Waals surface area contributed by atoms with Gasteiger partial charge in [0.15, 0.2) is 0 Å². The first kappa shape index (κ1) is 21.7. The lowest BCUT2D eigenvalue weighted by Crippen LogP contribution is -2.49. The standard InChI is InChI=1S/C21H25N5O3S2/c1-4-16-13-18-19(22-14-23-20(18)30-16)25-9-11-26(12-10-25)21(27)15-5-7-17(8-6-15)31(28,29)24(2)3/h5-8,13-14H,4,9-12H2,1-3H3. The Balaban J connectivity index is 1.46. The maximum atomic E-state index is 12.9. The summed E-state index contributed by atoms with van der Waals surface area (Å²) < 4.78 is 25.6. The molecule has 1 aliphatic rings. The van der Waals surface area contributed by atoms with Crippen LogP contribution in [0.1, 0.15) is 22.2 Å². The summed E-state index contributed by atoms with van der Waals surface area (Å²) in [5, 5.41) is 1.07. The smallest absolute Gasteiger partial charge is 0.253 e. The zero-order chi connectivity index (χ0) is 22.2. The van der Waals surface area contributed by atoms with Gasteiger partial charge < -0.3 is 9.80 Å². The van der Waals surface area contributed by atoms with Gasteiger partial charge in [-0.25, -0.2) is 22.7 Å². The summed E-state index contributed by atoms with van der Waals surface area (Å²) in [5.41, 5.74) is 0.487. The summed E-state index contributed by atoms with van der Waals surface area (Å²) in [4.78, 5) is 28.3. The molecule has 0 radical (unpaired) electrons. The first-order valence-electron chi connectivity index (χ1n) is 10.1. The van der Waals surface area contributed by atoms with Crippen LogP contribution in [0.5, 0.6) is 0 Å². The molecule has 0 N–H and O–H groups in total. The van der Waals surface area contributed by atoms with Crippen molar-refractivity contribution in [3.63, 3.8) is 0 Å². The van der Waals surface area contributed by atoms with Gasteiger partial charge >= 0.3 is 0 Å². The number of benzene rings is 1. The number of amides is 1. The highest BCUT2D eigenvalue weighted by Gasteiger charge is 2.25. The van der Waals surface area contributed by atoms with E-state index in [1.165, 1.54) is 31.1 Å². The fourth-order valence-electron chi connectivity index (χ4n) is 3.60. The molecule has 1 aromatic carbocycles. The summed E-state index contributed by atoms with van der Waals surface area (Å²) in [5.74, 6) is 0.830. The number of anilines is 1. The number of carbonyl (C=O) groups is 1. The molecule has 1 amide bonds. The van der Waals surface area contributed by atoms with Gasteiger partial charge in [-0.1, -0.05) is 6.92 Å². The molecule has 4 rings (SSSR count). The topological polar surface area (TPSA) is 86.7 Å². The molecule has 1 fully saturated rings. The minimum atomic E-state index is -3.51. The van der Waals surface area contributed by atoms with Crippen molar-refractivity contribution in [1.82, 2.24) is 19.2 Å². The number of thiophene rings is 1. The van der Waals surface area contributed by atoms with Gasteiger partial charge in [-0.05, 0) is 36.8 Å². The number of hydrogen-bond acceptors (Lipinski definition) is 7. The van der Waals surface area contributed by atoms with Crippen LogP contribution in [-0.4, -0.2) is 73.8 Å². The van der Waals surface area contributed by atoms with Gasteiger partial charge in [-0.15, -0.1) is 11.3 Å². The Hall–Kier alpha value is -2.56. The normalized spacial score (nSPS) is 15.1. The van der Waals surface area contributed by atoms with Crippen molar-refractivity contribution >= 4 is 43.3 Å². The minimum absolute atomic E-state index is 0.0925. The van der Waals surface area contributed by atoms with Gasteiger partial charge in [-0.2, -0.15) is 0 Å². The molecular weight excluding hydrogens is 434 g/mol. The Morgan fingerprint density at radius 1 is 1.10 bits per heavy atom. The number of nitrogens with zero attached hydrogens (tertiary/aromatic N) is 5. The predicted octanol–water partition coefficient (Wildman–Crippen LogP) is 2.47. The fraction of sp³-hybridized carbons (Fsp3) is 0.381. The molecule has 0 unspecified atom stereocenters. The third-order valence-corrected chi connectivity index (χ3v) is 8.47. The van der Waals surface area contributed by atoms with E-state index >= 15 is 0 Å². The number of aromatic nitrogens is 2. The Kier molecular flexibility index (Phi) is 5.96. The van der Waals surface area contributed by atoms with E-state index in [0.29, 0.717) is 31.7 Å². The van der Waals surface area contributed by atoms with Crippen LogP contribution >= 0.6 is 11.3 Å². The Morgan fingerprint density at radius 2 is 1.77 bits per heavy atom. The molecule has 1 aliphatic heterocycles. The molecule has 164 valence electrons. The summed E-state index contributed by atoms with van der Waals surface area (Å²) in [6.07, 6.45) is 2.58. The van der Waals surface area contributed by atoms with Gasteiger partial charge in [0.05, 0.1) is 10.3 Å². The van der Waals surface area contributed by atoms with Crippen LogP contribution in [0.4, 0.5) is 5.82 Å². The van der Waals surface area contributed by atoms with Crippen molar-refractivity contribution in [3.05, 3.63) is 47.1 Å². The molecule has 3 aromatic rings. The largest absolute Gasteiger partial charge is 0.352 e.